The van der Waals surface area contributed by atoms with E-state index in [4.69, 9.17) is 57.8 Å². The van der Waals surface area contributed by atoms with E-state index in [0.29, 0.717) is 43.3 Å². The summed E-state index contributed by atoms with van der Waals surface area (Å²) in [6, 6.07) is 0. The molecule has 0 bridgehead atoms. The maximum absolute atomic E-state index is 14.6. The van der Waals surface area contributed by atoms with Crippen molar-refractivity contribution in [1.29, 1.82) is 0 Å². The lowest BCUT2D eigenvalue weighted by atomic mass is 10.1. The van der Waals surface area contributed by atoms with E-state index in [1.165, 1.54) is 87.8 Å². The van der Waals surface area contributed by atoms with Crippen LogP contribution in [0.3, 0.4) is 0 Å². The van der Waals surface area contributed by atoms with Crippen LogP contribution in [0.1, 0.15) is 65.2 Å². The molecule has 0 aliphatic carbocycles. The Bertz CT molecular complexity index is 3470. The summed E-state index contributed by atoms with van der Waals surface area (Å²) in [4.78, 5) is 260. The number of imide groups is 1. The fourth-order valence-corrected chi connectivity index (χ4v) is 13.3. The number of aliphatic hydroxyl groups excluding tert-OH is 1. The van der Waals surface area contributed by atoms with E-state index in [9.17, 15) is 102 Å². The van der Waals surface area contributed by atoms with Crippen molar-refractivity contribution in [2.45, 2.75) is 71.3 Å². The second-order valence-electron chi connectivity index (χ2n) is 30.3. The van der Waals surface area contributed by atoms with E-state index in [-0.39, 0.29) is 188 Å². The first-order chi connectivity index (χ1) is 61.5. The lowest BCUT2D eigenvalue weighted by Gasteiger charge is -2.33. The van der Waals surface area contributed by atoms with Crippen molar-refractivity contribution in [3.63, 3.8) is 0 Å². The molecule has 0 aromatic rings. The van der Waals surface area contributed by atoms with Crippen molar-refractivity contribution >= 4 is 118 Å². The number of aliphatic carboxylic acids is 2. The van der Waals surface area contributed by atoms with Crippen LogP contribution in [-0.4, -0.2) is 524 Å². The van der Waals surface area contributed by atoms with Crippen LogP contribution in [0.15, 0.2) is 0 Å². The van der Waals surface area contributed by atoms with Gasteiger partial charge in [-0.25, -0.2) is 0 Å². The number of aliphatic hydroxyl groups is 1. The van der Waals surface area contributed by atoms with Crippen molar-refractivity contribution in [2.75, 3.05) is 332 Å². The van der Waals surface area contributed by atoms with Crippen LogP contribution in [0, 0.1) is 11.8 Å². The van der Waals surface area contributed by atoms with Gasteiger partial charge in [-0.05, 0) is 18.8 Å². The predicted octanol–water partition coefficient (Wildman–Crippen LogP) is -5.96. The summed E-state index contributed by atoms with van der Waals surface area (Å²) < 4.78 is 57.8. The summed E-state index contributed by atoms with van der Waals surface area (Å²) in [5.41, 5.74) is 5.38. The molecule has 2 unspecified atom stereocenters. The molecule has 1 rings (SSSR count). The zero-order valence-corrected chi connectivity index (χ0v) is 78.0. The minimum absolute atomic E-state index is 0.00881. The Balaban J connectivity index is 3.45. The Kier molecular flexibility index (Phi) is 63.3. The Morgan fingerprint density at radius 1 is 0.372 bits per heavy atom. The van der Waals surface area contributed by atoms with Crippen molar-refractivity contribution in [2.24, 2.45) is 17.6 Å². The first-order valence-electron chi connectivity index (χ1n) is 42.4. The summed E-state index contributed by atoms with van der Waals surface area (Å²) >= 11 is 1.35. The van der Waals surface area contributed by atoms with Crippen molar-refractivity contribution < 1.29 is 154 Å². The fraction of sp³-hybridized carbons (Fsp3) is 0.778. The van der Waals surface area contributed by atoms with Crippen molar-refractivity contribution in [1.82, 2.24) is 69.0 Å². The number of hydrogen-bond donors (Lipinski definition) is 5. The summed E-state index contributed by atoms with van der Waals surface area (Å²) in [5.74, 6) is -14.0. The van der Waals surface area contributed by atoms with Crippen LogP contribution in [0.5, 0.6) is 0 Å². The summed E-state index contributed by atoms with van der Waals surface area (Å²) in [7, 11) is 13.3. The molecule has 1 fully saturated rings. The number of ether oxygens (including phenoxy) is 11. The van der Waals surface area contributed by atoms with Gasteiger partial charge >= 0.3 is 11.9 Å². The molecular formula is C81H141N15O32S. The average Bonchev–Trinajstić information content (AvgIpc) is 1.76. The number of likely N-dealkylation sites (tertiary alicyclic amines) is 1. The van der Waals surface area contributed by atoms with Crippen LogP contribution in [0.4, 0.5) is 0 Å². The van der Waals surface area contributed by atoms with Gasteiger partial charge in [0.15, 0.2) is 0 Å². The molecule has 0 saturated carbocycles. The van der Waals surface area contributed by atoms with Gasteiger partial charge in [-0.3, -0.25) is 91.2 Å². The SMILES string of the molecule is COCCN(CC(N)=O)C(=O)CN(CCOC)C(=O)CN(CCOC)C(=O)CN(CCC(=O)O)C(=O)CN(CCOC)C(=O)CN(CCOC)C(=O)CN(CCOC)C(=O)CN(CCOC)C(=O)CN(CCOC)C(=O)CN(CCC(=O)O)C(=O)CN(CCOC)C(=O)CN(CCOC)C(=O)CCCCCNC(=O)CCN1C(=O)CC(CSCC(O)COCC(C)C)C1=O. The lowest BCUT2D eigenvalue weighted by Crippen LogP contribution is -2.54. The molecule has 129 heavy (non-hydrogen) atoms. The number of hydrogen-bond acceptors (Lipinski definition) is 31. The van der Waals surface area contributed by atoms with Crippen LogP contribution in [0.25, 0.3) is 0 Å². The number of methoxy groups -OCH3 is 10. The Labute approximate surface area is 758 Å². The van der Waals surface area contributed by atoms with Crippen LogP contribution < -0.4 is 11.1 Å². The standard InChI is InChI=1S/C81H141N15O32S/c1-61(2)57-128-58-63(97)60-129-59-62-44-67(101)96(81(62)117)23-17-65(99)83-20-15-13-14-16-66(100)87(25-35-119-4)48-73(107)88(26-36-120-5)49-68(102)84(21-18-79(113)114)46-72(106)92(30-40-124-9)53-76(110)94(32-42-126-11)55-78(112)95(33-43-127-12)56-77(111)93(31-41-125-10)54-74(108)89(27-37-121-6)50-69(103)85(22-19-80(115)116)47-71(105)91(29-39-123-8)52-75(109)90(28-38-122-7)51-70(104)86(24-34-118-3)45-64(82)98/h61-63,97H,13-60H2,1-12H3,(H2,82,98)(H,83,99)(H,113,114)(H,115,116). The molecule has 16 amide bonds. The number of nitrogens with two attached hydrogens (primary N) is 1. The average molecular weight is 1870 g/mol. The van der Waals surface area contributed by atoms with E-state index >= 15 is 0 Å². The number of carbonyl (C=O) groups excluding carboxylic acids is 16. The molecular weight excluding hydrogens is 1730 g/mol. The molecule has 1 aliphatic rings. The molecule has 6 N–H and O–H groups in total. The molecule has 1 aliphatic heterocycles. The number of carbonyl (C=O) groups is 18. The highest BCUT2D eigenvalue weighted by Crippen LogP contribution is 2.25. The number of nitrogens with one attached hydrogen (secondary N) is 1. The van der Waals surface area contributed by atoms with E-state index < -0.39 is 205 Å². The van der Waals surface area contributed by atoms with Gasteiger partial charge < -0.3 is 137 Å². The van der Waals surface area contributed by atoms with E-state index in [2.05, 4.69) is 5.32 Å². The third kappa shape index (κ3) is 50.5. The highest BCUT2D eigenvalue weighted by Gasteiger charge is 2.39. The molecule has 1 heterocycles. The third-order valence-electron chi connectivity index (χ3n) is 19.7. The monoisotopic (exact) mass is 1870 g/mol. The number of carboxylic acid groups (broad SMARTS) is 2. The van der Waals surface area contributed by atoms with Gasteiger partial charge in [-0.15, -0.1) is 0 Å². The van der Waals surface area contributed by atoms with Gasteiger partial charge in [0.05, 0.1) is 176 Å². The first-order valence-corrected chi connectivity index (χ1v) is 43.6. The summed E-state index contributed by atoms with van der Waals surface area (Å²) in [6.07, 6.45) is -0.984. The molecule has 0 radical (unpaired) electrons. The number of rotatable bonds is 77. The van der Waals surface area contributed by atoms with Gasteiger partial charge in [0, 0.05) is 200 Å². The topological polar surface area (TPSA) is 550 Å². The van der Waals surface area contributed by atoms with E-state index in [0.717, 1.165) is 58.8 Å². The lowest BCUT2D eigenvalue weighted by molar-refractivity contribution is -0.150. The number of carboxylic acids is 2. The van der Waals surface area contributed by atoms with Gasteiger partial charge in [0.2, 0.25) is 94.5 Å². The normalized spacial score (nSPS) is 12.6. The minimum atomic E-state index is -1.37. The van der Waals surface area contributed by atoms with Crippen molar-refractivity contribution in [3.05, 3.63) is 0 Å². The number of amides is 16. The minimum Gasteiger partial charge on any atom is -0.481 e. The maximum atomic E-state index is 14.6. The first kappa shape index (κ1) is 118. The Morgan fingerprint density at radius 2 is 0.636 bits per heavy atom. The van der Waals surface area contributed by atoms with Gasteiger partial charge in [0.25, 0.3) is 0 Å². The molecule has 0 aromatic heterocycles. The van der Waals surface area contributed by atoms with Gasteiger partial charge in [-0.2, -0.15) is 11.8 Å². The largest absolute Gasteiger partial charge is 0.481 e. The molecule has 1 saturated heterocycles. The number of primary amides is 1. The number of nitrogens with zero attached hydrogens (tertiary/aromatic N) is 13. The second kappa shape index (κ2) is 69.5. The number of unbranched alkanes of at least 4 members (excludes halogenated alkanes) is 2. The van der Waals surface area contributed by atoms with Crippen LogP contribution in [-0.2, 0) is 138 Å². The Hall–Kier alpha value is -9.47. The van der Waals surface area contributed by atoms with Gasteiger partial charge in [0.1, 0.15) is 0 Å². The highest BCUT2D eigenvalue weighted by molar-refractivity contribution is 7.99. The maximum Gasteiger partial charge on any atom is 0.305 e. The Morgan fingerprint density at radius 3 is 0.891 bits per heavy atom. The summed E-state index contributed by atoms with van der Waals surface area (Å²) in [5, 5.41) is 32.6. The summed E-state index contributed by atoms with van der Waals surface area (Å²) in [6.45, 7) is -8.24. The second-order valence-corrected chi connectivity index (χ2v) is 31.4. The molecule has 48 heteroatoms. The molecule has 0 aromatic carbocycles. The van der Waals surface area contributed by atoms with Gasteiger partial charge in [-0.1, -0.05) is 20.3 Å². The third-order valence-corrected chi connectivity index (χ3v) is 20.9. The smallest absolute Gasteiger partial charge is 0.305 e. The zero-order valence-electron chi connectivity index (χ0n) is 77.2. The van der Waals surface area contributed by atoms with Crippen LogP contribution >= 0.6 is 11.8 Å². The molecule has 738 valence electrons. The fourth-order valence-electron chi connectivity index (χ4n) is 12.3. The molecule has 2 atom stereocenters. The zero-order chi connectivity index (χ0) is 96.8. The molecule has 47 nitrogen and oxygen atoms in total. The van der Waals surface area contributed by atoms with Crippen LogP contribution in [0.2, 0.25) is 0 Å². The predicted molar refractivity (Wildman–Crippen MR) is 461 cm³/mol. The highest BCUT2D eigenvalue weighted by atomic mass is 32.2. The van der Waals surface area contributed by atoms with Crippen molar-refractivity contribution in [3.8, 4) is 0 Å². The molecule has 0 spiro atoms. The quantitative estimate of drug-likeness (QED) is 0.0280. The van der Waals surface area contributed by atoms with E-state index in [1.54, 1.807) is 0 Å². The van der Waals surface area contributed by atoms with E-state index in [1.807, 2.05) is 13.8 Å². The number of thioether (sulfide) groups is 1.